The molecule has 0 saturated heterocycles. The van der Waals surface area contributed by atoms with E-state index in [1.807, 2.05) is 74.5 Å². The highest BCUT2D eigenvalue weighted by Gasteiger charge is 2.13. The smallest absolute Gasteiger partial charge is 0.267 e. The quantitative estimate of drug-likeness (QED) is 0.403. The molecular weight excluding hydrogens is 336 g/mol. The number of aromatic nitrogens is 3. The Labute approximate surface area is 156 Å². The molecule has 0 N–H and O–H groups in total. The van der Waals surface area contributed by atoms with Gasteiger partial charge in [-0.15, -0.1) is 5.10 Å². The molecule has 5 heteroatoms. The van der Waals surface area contributed by atoms with Crippen LogP contribution in [0.4, 0.5) is 5.69 Å². The van der Waals surface area contributed by atoms with Gasteiger partial charge in [0.2, 0.25) is 0 Å². The van der Waals surface area contributed by atoms with Gasteiger partial charge in [0.1, 0.15) is 5.52 Å². The molecule has 1 heterocycles. The van der Waals surface area contributed by atoms with Crippen molar-refractivity contribution in [3.05, 3.63) is 99.8 Å². The van der Waals surface area contributed by atoms with Crippen molar-refractivity contribution < 1.29 is 0 Å². The summed E-state index contributed by atoms with van der Waals surface area (Å²) in [6, 6.07) is 22.8. The minimum atomic E-state index is -0.243. The van der Waals surface area contributed by atoms with Crippen LogP contribution in [0.25, 0.3) is 10.9 Å². The van der Waals surface area contributed by atoms with Crippen LogP contribution in [0.15, 0.2) is 82.6 Å². The molecule has 0 saturated carbocycles. The van der Waals surface area contributed by atoms with Crippen molar-refractivity contribution in [3.63, 3.8) is 0 Å². The maximum atomic E-state index is 13.0. The normalized spacial score (nSPS) is 11.7. The Hall–Kier alpha value is -3.60. The number of aliphatic imine (C=N–C) groups is 1. The number of hydrogen-bond donors (Lipinski definition) is 0. The van der Waals surface area contributed by atoms with E-state index in [1.54, 1.807) is 12.1 Å². The minimum absolute atomic E-state index is 0.243. The van der Waals surface area contributed by atoms with E-state index in [2.05, 4.69) is 10.3 Å². The molecule has 0 amide bonds. The van der Waals surface area contributed by atoms with E-state index in [0.717, 1.165) is 22.4 Å². The first-order valence-corrected chi connectivity index (χ1v) is 8.69. The number of hydrogen-bond acceptors (Lipinski definition) is 4. The predicted molar refractivity (Wildman–Crippen MR) is 108 cm³/mol. The van der Waals surface area contributed by atoms with Crippen LogP contribution in [-0.2, 0) is 0 Å². The molecule has 0 bridgehead atoms. The Bertz CT molecular complexity index is 1190. The molecular formula is C22H18N4O. The average Bonchev–Trinajstić information content (AvgIpc) is 2.69. The van der Waals surface area contributed by atoms with E-state index in [4.69, 9.17) is 4.99 Å². The van der Waals surface area contributed by atoms with Crippen LogP contribution in [0.5, 0.6) is 0 Å². The number of benzene rings is 3. The van der Waals surface area contributed by atoms with Gasteiger partial charge < -0.3 is 0 Å². The van der Waals surface area contributed by atoms with Gasteiger partial charge in [-0.25, -0.2) is 4.99 Å². The van der Waals surface area contributed by atoms with E-state index in [-0.39, 0.29) is 5.56 Å². The second-order valence-corrected chi connectivity index (χ2v) is 6.46. The van der Waals surface area contributed by atoms with Crippen molar-refractivity contribution >= 4 is 22.4 Å². The third-order valence-electron chi connectivity index (χ3n) is 4.35. The number of fused-ring (bicyclic) bond motifs is 1. The minimum Gasteiger partial charge on any atom is -0.267 e. The lowest BCUT2D eigenvalue weighted by Crippen LogP contribution is -2.31. The molecule has 3 aromatic carbocycles. The topological polar surface area (TPSA) is 60.1 Å². The Balaban J connectivity index is 1.95. The fourth-order valence-electron chi connectivity index (χ4n) is 2.81. The third-order valence-corrected chi connectivity index (χ3v) is 4.35. The molecule has 27 heavy (non-hydrogen) atoms. The van der Waals surface area contributed by atoms with Crippen molar-refractivity contribution in [3.8, 4) is 0 Å². The number of nitrogens with zero attached hydrogens (tertiary/aromatic N) is 4. The van der Waals surface area contributed by atoms with Gasteiger partial charge in [-0.05, 0) is 38.1 Å². The van der Waals surface area contributed by atoms with Crippen LogP contribution >= 0.6 is 0 Å². The van der Waals surface area contributed by atoms with E-state index in [9.17, 15) is 4.79 Å². The van der Waals surface area contributed by atoms with Crippen molar-refractivity contribution in [2.45, 2.75) is 13.8 Å². The molecule has 0 aliphatic rings. The molecule has 0 aliphatic heterocycles. The molecule has 4 rings (SSSR count). The van der Waals surface area contributed by atoms with Gasteiger partial charge in [0.25, 0.3) is 5.56 Å². The van der Waals surface area contributed by atoms with Gasteiger partial charge in [-0.1, -0.05) is 64.9 Å². The van der Waals surface area contributed by atoms with E-state index < -0.39 is 0 Å². The van der Waals surface area contributed by atoms with Crippen LogP contribution in [0, 0.1) is 13.8 Å². The summed E-state index contributed by atoms with van der Waals surface area (Å²) in [4.78, 5) is 17.7. The summed E-state index contributed by atoms with van der Waals surface area (Å²) in [5, 5.41) is 8.85. The zero-order chi connectivity index (χ0) is 18.8. The zero-order valence-corrected chi connectivity index (χ0v) is 15.1. The lowest BCUT2D eigenvalue weighted by molar-refractivity contribution is 0.774. The van der Waals surface area contributed by atoms with Gasteiger partial charge in [0, 0.05) is 5.56 Å². The summed E-state index contributed by atoms with van der Waals surface area (Å²) in [6.07, 6.45) is 0. The fraction of sp³-hybridized carbons (Fsp3) is 0.0909. The maximum absolute atomic E-state index is 13.0. The molecule has 1 aromatic heterocycles. The van der Waals surface area contributed by atoms with Crippen molar-refractivity contribution in [1.29, 1.82) is 0 Å². The van der Waals surface area contributed by atoms with Crippen LogP contribution in [0.3, 0.4) is 0 Å². The predicted octanol–water partition coefficient (Wildman–Crippen LogP) is 4.03. The van der Waals surface area contributed by atoms with Crippen molar-refractivity contribution in [1.82, 2.24) is 15.0 Å². The summed E-state index contributed by atoms with van der Waals surface area (Å²) in [7, 11) is 0. The monoisotopic (exact) mass is 354 g/mol. The van der Waals surface area contributed by atoms with Crippen LogP contribution < -0.4 is 5.56 Å². The highest BCUT2D eigenvalue weighted by molar-refractivity contribution is 6.01. The number of aryl methyl sites for hydroxylation is 2. The Morgan fingerprint density at radius 2 is 1.48 bits per heavy atom. The van der Waals surface area contributed by atoms with Gasteiger partial charge in [0.05, 0.1) is 11.1 Å². The SMILES string of the molecule is Cc1ccc(N=C(c2ccc(C)cc2)n2nnc3ccccc3c2=O)cc1. The van der Waals surface area contributed by atoms with Gasteiger partial charge in [0.15, 0.2) is 5.84 Å². The molecule has 0 spiro atoms. The van der Waals surface area contributed by atoms with Gasteiger partial charge >= 0.3 is 0 Å². The Morgan fingerprint density at radius 1 is 0.852 bits per heavy atom. The highest BCUT2D eigenvalue weighted by atomic mass is 16.1. The first kappa shape index (κ1) is 16.8. The molecule has 4 aromatic rings. The van der Waals surface area contributed by atoms with Crippen LogP contribution in [-0.4, -0.2) is 20.8 Å². The molecule has 132 valence electrons. The summed E-state index contributed by atoms with van der Waals surface area (Å²) in [5.41, 5.74) is 4.15. The molecule has 0 aliphatic carbocycles. The van der Waals surface area contributed by atoms with E-state index >= 15 is 0 Å². The Kier molecular flexibility index (Phi) is 4.34. The first-order valence-electron chi connectivity index (χ1n) is 8.69. The summed E-state index contributed by atoms with van der Waals surface area (Å²) >= 11 is 0. The summed E-state index contributed by atoms with van der Waals surface area (Å²) in [5.74, 6) is 0.446. The lowest BCUT2D eigenvalue weighted by Gasteiger charge is -2.10. The molecule has 0 fully saturated rings. The van der Waals surface area contributed by atoms with Crippen LogP contribution in [0.1, 0.15) is 16.7 Å². The van der Waals surface area contributed by atoms with Crippen molar-refractivity contribution in [2.75, 3.05) is 0 Å². The number of rotatable bonds is 2. The first-order chi connectivity index (χ1) is 13.1. The largest absolute Gasteiger partial charge is 0.283 e. The van der Waals surface area contributed by atoms with Crippen molar-refractivity contribution in [2.24, 2.45) is 4.99 Å². The lowest BCUT2D eigenvalue weighted by atomic mass is 10.1. The van der Waals surface area contributed by atoms with Gasteiger partial charge in [-0.3, -0.25) is 4.79 Å². The average molecular weight is 354 g/mol. The second kappa shape index (κ2) is 6.96. The summed E-state index contributed by atoms with van der Waals surface area (Å²) < 4.78 is 1.27. The third kappa shape index (κ3) is 3.40. The van der Waals surface area contributed by atoms with E-state index in [1.165, 1.54) is 4.68 Å². The molecule has 0 unspecified atom stereocenters. The van der Waals surface area contributed by atoms with Crippen LogP contribution in [0.2, 0.25) is 0 Å². The zero-order valence-electron chi connectivity index (χ0n) is 15.1. The Morgan fingerprint density at radius 3 is 2.19 bits per heavy atom. The standard InChI is InChI=1S/C22H18N4O/c1-15-7-11-17(12-8-15)21(23-18-13-9-16(2)10-14-18)26-22(27)19-5-3-4-6-20(19)24-25-26/h3-14H,1-2H3. The second-order valence-electron chi connectivity index (χ2n) is 6.46. The summed E-state index contributed by atoms with van der Waals surface area (Å²) in [6.45, 7) is 4.04. The van der Waals surface area contributed by atoms with Gasteiger partial charge in [-0.2, -0.15) is 4.68 Å². The molecule has 0 atom stereocenters. The molecule has 5 nitrogen and oxygen atoms in total. The fourth-order valence-corrected chi connectivity index (χ4v) is 2.81. The highest BCUT2D eigenvalue weighted by Crippen LogP contribution is 2.16. The molecule has 0 radical (unpaired) electrons. The maximum Gasteiger partial charge on any atom is 0.283 e. The van der Waals surface area contributed by atoms with E-state index in [0.29, 0.717) is 16.7 Å².